The number of phenolic OH excluding ortho intramolecular Hbond substituents is 1. The Balaban J connectivity index is 3.40. The van der Waals surface area contributed by atoms with E-state index in [4.69, 9.17) is 5.73 Å². The van der Waals surface area contributed by atoms with E-state index < -0.39 is 0 Å². The van der Waals surface area contributed by atoms with E-state index in [1.54, 1.807) is 0 Å². The molecule has 0 spiro atoms. The van der Waals surface area contributed by atoms with Gasteiger partial charge in [0.2, 0.25) is 0 Å². The van der Waals surface area contributed by atoms with Crippen LogP contribution >= 0.6 is 15.9 Å². The van der Waals surface area contributed by atoms with Crippen molar-refractivity contribution in [2.45, 2.75) is 46.6 Å². The normalized spacial score (nSPS) is 11.9. The van der Waals surface area contributed by atoms with E-state index in [0.717, 1.165) is 26.7 Å². The number of hydrogen-bond donors (Lipinski definition) is 2. The summed E-state index contributed by atoms with van der Waals surface area (Å²) in [6.07, 6.45) is 0.671. The Kier molecular flexibility index (Phi) is 3.70. The molecular formula is C13H20BrNO. The zero-order valence-electron chi connectivity index (χ0n) is 10.6. The molecule has 0 fully saturated rings. The Hall–Kier alpha value is -0.540. The van der Waals surface area contributed by atoms with Gasteiger partial charge in [-0.15, -0.1) is 0 Å². The zero-order chi connectivity index (χ0) is 12.7. The van der Waals surface area contributed by atoms with Gasteiger partial charge < -0.3 is 10.8 Å². The Morgan fingerprint density at radius 1 is 1.12 bits per heavy atom. The molecule has 0 bridgehead atoms. The average molecular weight is 286 g/mol. The second-order valence-electron chi connectivity index (χ2n) is 5.18. The van der Waals surface area contributed by atoms with Crippen LogP contribution in [0.25, 0.3) is 0 Å². The van der Waals surface area contributed by atoms with Crippen LogP contribution in [0.3, 0.4) is 0 Å². The van der Waals surface area contributed by atoms with Gasteiger partial charge in [-0.2, -0.15) is 0 Å². The molecule has 2 nitrogen and oxygen atoms in total. The van der Waals surface area contributed by atoms with Crippen molar-refractivity contribution < 1.29 is 5.11 Å². The lowest BCUT2D eigenvalue weighted by atomic mass is 9.89. The van der Waals surface area contributed by atoms with Gasteiger partial charge in [-0.25, -0.2) is 0 Å². The highest BCUT2D eigenvalue weighted by Gasteiger charge is 2.20. The highest BCUT2D eigenvalue weighted by atomic mass is 79.9. The minimum Gasteiger partial charge on any atom is -0.507 e. The molecule has 3 heteroatoms. The number of benzene rings is 1. The van der Waals surface area contributed by atoms with Crippen LogP contribution in [0.5, 0.6) is 5.75 Å². The molecule has 0 atom stereocenters. The van der Waals surface area contributed by atoms with Gasteiger partial charge >= 0.3 is 0 Å². The molecule has 0 aliphatic rings. The van der Waals surface area contributed by atoms with Gasteiger partial charge in [0, 0.05) is 10.0 Å². The molecule has 16 heavy (non-hydrogen) atoms. The lowest BCUT2D eigenvalue weighted by Gasteiger charge is -2.23. The van der Waals surface area contributed by atoms with Crippen molar-refractivity contribution in [2.75, 3.05) is 0 Å². The van der Waals surface area contributed by atoms with E-state index >= 15 is 0 Å². The van der Waals surface area contributed by atoms with Crippen molar-refractivity contribution in [1.82, 2.24) is 0 Å². The van der Waals surface area contributed by atoms with Crippen LogP contribution in [0, 0.1) is 20.8 Å². The minimum absolute atomic E-state index is 0.316. The quantitative estimate of drug-likeness (QED) is 0.875. The Labute approximate surface area is 106 Å². The summed E-state index contributed by atoms with van der Waals surface area (Å²) in [6.45, 7) is 9.88. The summed E-state index contributed by atoms with van der Waals surface area (Å²) in [4.78, 5) is 0. The Bertz CT molecular complexity index is 390. The second kappa shape index (κ2) is 4.38. The first kappa shape index (κ1) is 13.5. The third-order valence-electron chi connectivity index (χ3n) is 2.95. The number of nitrogens with two attached hydrogens (primary N) is 1. The number of hydrogen-bond acceptors (Lipinski definition) is 2. The van der Waals surface area contributed by atoms with E-state index in [0.29, 0.717) is 12.2 Å². The zero-order valence-corrected chi connectivity index (χ0v) is 12.2. The van der Waals surface area contributed by atoms with Crippen molar-refractivity contribution in [2.24, 2.45) is 5.73 Å². The summed E-state index contributed by atoms with van der Waals surface area (Å²) in [6, 6.07) is 0. The molecular weight excluding hydrogens is 266 g/mol. The number of phenols is 1. The van der Waals surface area contributed by atoms with Crippen molar-refractivity contribution in [3.8, 4) is 5.75 Å². The van der Waals surface area contributed by atoms with Crippen LogP contribution in [0.1, 0.15) is 36.1 Å². The first-order valence-electron chi connectivity index (χ1n) is 5.41. The highest BCUT2D eigenvalue weighted by Crippen LogP contribution is 2.36. The standard InChI is InChI=1S/C13H20BrNO/c1-7-8(2)12(16)10(6-13(4,5)15)9(3)11(7)14/h16H,6,15H2,1-5H3. The molecule has 0 aliphatic carbocycles. The molecule has 90 valence electrons. The molecule has 0 unspecified atom stereocenters. The SMILES string of the molecule is Cc1c(C)c(Br)c(C)c(CC(C)(C)N)c1O. The molecule has 0 saturated carbocycles. The average Bonchev–Trinajstić information content (AvgIpc) is 2.17. The fraction of sp³-hybridized carbons (Fsp3) is 0.538. The van der Waals surface area contributed by atoms with E-state index in [-0.39, 0.29) is 5.54 Å². The van der Waals surface area contributed by atoms with Gasteiger partial charge in [0.05, 0.1) is 0 Å². The molecule has 0 aliphatic heterocycles. The van der Waals surface area contributed by atoms with Gasteiger partial charge in [-0.1, -0.05) is 15.9 Å². The minimum atomic E-state index is -0.316. The summed E-state index contributed by atoms with van der Waals surface area (Å²) in [5, 5.41) is 10.2. The summed E-state index contributed by atoms with van der Waals surface area (Å²) in [7, 11) is 0. The van der Waals surface area contributed by atoms with Crippen molar-refractivity contribution in [3.05, 3.63) is 26.7 Å². The van der Waals surface area contributed by atoms with Crippen molar-refractivity contribution in [1.29, 1.82) is 0 Å². The third kappa shape index (κ3) is 2.58. The molecule has 1 aromatic rings. The lowest BCUT2D eigenvalue weighted by molar-refractivity contribution is 0.444. The summed E-state index contributed by atoms with van der Waals surface area (Å²) >= 11 is 3.57. The largest absolute Gasteiger partial charge is 0.507 e. The van der Waals surface area contributed by atoms with Crippen LogP contribution in [-0.4, -0.2) is 10.6 Å². The fourth-order valence-corrected chi connectivity index (χ4v) is 2.37. The molecule has 3 N–H and O–H groups in total. The summed E-state index contributed by atoms with van der Waals surface area (Å²) in [5.41, 5.74) is 9.75. The molecule has 0 aromatic heterocycles. The van der Waals surface area contributed by atoms with Gasteiger partial charge in [0.25, 0.3) is 0 Å². The van der Waals surface area contributed by atoms with Crippen LogP contribution in [0.2, 0.25) is 0 Å². The predicted molar refractivity (Wildman–Crippen MR) is 72.0 cm³/mol. The van der Waals surface area contributed by atoms with Crippen LogP contribution < -0.4 is 5.73 Å². The predicted octanol–water partition coefficient (Wildman–Crippen LogP) is 3.36. The first-order chi connectivity index (χ1) is 7.15. The summed E-state index contributed by atoms with van der Waals surface area (Å²) in [5.74, 6) is 0.386. The maximum atomic E-state index is 10.2. The Morgan fingerprint density at radius 2 is 1.62 bits per heavy atom. The second-order valence-corrected chi connectivity index (χ2v) is 5.97. The maximum absolute atomic E-state index is 10.2. The monoisotopic (exact) mass is 285 g/mol. The van der Waals surface area contributed by atoms with E-state index in [1.807, 2.05) is 34.6 Å². The number of rotatable bonds is 2. The van der Waals surface area contributed by atoms with Gasteiger partial charge in [0.15, 0.2) is 0 Å². The van der Waals surface area contributed by atoms with Crippen LogP contribution in [0.4, 0.5) is 0 Å². The Morgan fingerprint density at radius 3 is 2.06 bits per heavy atom. The van der Waals surface area contributed by atoms with E-state index in [9.17, 15) is 5.11 Å². The third-order valence-corrected chi connectivity index (χ3v) is 4.14. The smallest absolute Gasteiger partial charge is 0.122 e. The molecule has 1 aromatic carbocycles. The molecule has 0 radical (unpaired) electrons. The summed E-state index contributed by atoms with van der Waals surface area (Å²) < 4.78 is 1.07. The van der Waals surface area contributed by atoms with E-state index in [2.05, 4.69) is 15.9 Å². The van der Waals surface area contributed by atoms with Crippen molar-refractivity contribution >= 4 is 15.9 Å². The van der Waals surface area contributed by atoms with E-state index in [1.165, 1.54) is 0 Å². The number of halogens is 1. The fourth-order valence-electron chi connectivity index (χ4n) is 1.83. The number of aromatic hydroxyl groups is 1. The van der Waals surface area contributed by atoms with Crippen LogP contribution in [0.15, 0.2) is 4.47 Å². The molecule has 0 amide bonds. The molecule has 0 heterocycles. The molecule has 0 saturated heterocycles. The lowest BCUT2D eigenvalue weighted by Crippen LogP contribution is -2.34. The topological polar surface area (TPSA) is 46.2 Å². The van der Waals surface area contributed by atoms with Gasteiger partial charge in [0.1, 0.15) is 5.75 Å². The molecule has 1 rings (SSSR count). The maximum Gasteiger partial charge on any atom is 0.122 e. The van der Waals surface area contributed by atoms with Gasteiger partial charge in [-0.3, -0.25) is 0 Å². The highest BCUT2D eigenvalue weighted by molar-refractivity contribution is 9.10. The van der Waals surface area contributed by atoms with Gasteiger partial charge in [-0.05, 0) is 63.3 Å². The first-order valence-corrected chi connectivity index (χ1v) is 6.20. The van der Waals surface area contributed by atoms with Crippen molar-refractivity contribution in [3.63, 3.8) is 0 Å². The van der Waals surface area contributed by atoms with Crippen LogP contribution in [-0.2, 0) is 6.42 Å².